The normalized spacial score (nSPS) is 12.0. The summed E-state index contributed by atoms with van der Waals surface area (Å²) in [5.74, 6) is 2.04. The third-order valence-electron chi connectivity index (χ3n) is 3.21. The number of carbonyl (C=O) groups is 1. The van der Waals surface area contributed by atoms with Gasteiger partial charge in [-0.1, -0.05) is 6.92 Å². The van der Waals surface area contributed by atoms with E-state index in [1.165, 1.54) is 0 Å². The Labute approximate surface area is 124 Å². The first-order chi connectivity index (χ1) is 9.99. The fraction of sp³-hybridized carbons (Fsp3) is 0.400. The van der Waals surface area contributed by atoms with Crippen molar-refractivity contribution in [1.29, 1.82) is 0 Å². The lowest BCUT2D eigenvalue weighted by atomic mass is 10.1. The van der Waals surface area contributed by atoms with Gasteiger partial charge in [0.05, 0.1) is 19.6 Å². The molecule has 0 aliphatic rings. The average Bonchev–Trinajstić information content (AvgIpc) is 2.77. The molecule has 1 amide bonds. The molecule has 0 fully saturated rings. The molecule has 21 heavy (non-hydrogen) atoms. The molecule has 112 valence electrons. The van der Waals surface area contributed by atoms with Gasteiger partial charge in [-0.2, -0.15) is 5.10 Å². The van der Waals surface area contributed by atoms with Gasteiger partial charge in [0, 0.05) is 5.69 Å². The highest BCUT2D eigenvalue weighted by atomic mass is 16.5. The van der Waals surface area contributed by atoms with Gasteiger partial charge in [0.1, 0.15) is 17.4 Å². The summed E-state index contributed by atoms with van der Waals surface area (Å²) in [6, 6.07) is 7.25. The van der Waals surface area contributed by atoms with Crippen molar-refractivity contribution in [3.63, 3.8) is 0 Å². The number of hydrogen-bond donors (Lipinski definition) is 1. The van der Waals surface area contributed by atoms with E-state index in [1.54, 1.807) is 11.8 Å². The van der Waals surface area contributed by atoms with Crippen LogP contribution in [0.2, 0.25) is 0 Å². The van der Waals surface area contributed by atoms with Gasteiger partial charge in [-0.15, -0.1) is 0 Å². The van der Waals surface area contributed by atoms with E-state index in [0.717, 1.165) is 23.1 Å². The number of aryl methyl sites for hydroxylation is 2. The molecule has 1 N–H and O–H groups in total. The molecule has 2 rings (SSSR count). The first kappa shape index (κ1) is 15.0. The number of aromatic nitrogens is 3. The molecule has 0 radical (unpaired) electrons. The Morgan fingerprint density at radius 2 is 2.00 bits per heavy atom. The van der Waals surface area contributed by atoms with Crippen molar-refractivity contribution >= 4 is 11.6 Å². The Balaban J connectivity index is 1.97. The lowest BCUT2D eigenvalue weighted by Gasteiger charge is -2.13. The molecule has 2 aromatic rings. The summed E-state index contributed by atoms with van der Waals surface area (Å²) in [5.41, 5.74) is 0.749. The van der Waals surface area contributed by atoms with Crippen molar-refractivity contribution in [3.05, 3.63) is 35.9 Å². The van der Waals surface area contributed by atoms with Crippen LogP contribution in [0.1, 0.15) is 18.6 Å². The van der Waals surface area contributed by atoms with Gasteiger partial charge in [0.2, 0.25) is 5.91 Å². The minimum Gasteiger partial charge on any atom is -0.497 e. The molecular weight excluding hydrogens is 268 g/mol. The third-order valence-corrected chi connectivity index (χ3v) is 3.21. The van der Waals surface area contributed by atoms with Crippen molar-refractivity contribution in [2.45, 2.75) is 27.3 Å². The molecule has 1 unspecified atom stereocenters. The zero-order chi connectivity index (χ0) is 15.4. The number of rotatable bonds is 5. The summed E-state index contributed by atoms with van der Waals surface area (Å²) in [6.45, 7) is 6.10. The molecule has 0 aliphatic carbocycles. The lowest BCUT2D eigenvalue weighted by molar-refractivity contribution is -0.119. The third kappa shape index (κ3) is 3.81. The second-order valence-corrected chi connectivity index (χ2v) is 5.01. The smallest absolute Gasteiger partial charge is 0.229 e. The molecule has 0 spiro atoms. The average molecular weight is 288 g/mol. The molecule has 0 bridgehead atoms. The van der Waals surface area contributed by atoms with Crippen LogP contribution in [0.5, 0.6) is 5.75 Å². The highest BCUT2D eigenvalue weighted by molar-refractivity contribution is 5.92. The van der Waals surface area contributed by atoms with Crippen LogP contribution in [0.3, 0.4) is 0 Å². The quantitative estimate of drug-likeness (QED) is 0.915. The Kier molecular flexibility index (Phi) is 4.57. The molecule has 1 aromatic heterocycles. The van der Waals surface area contributed by atoms with E-state index in [4.69, 9.17) is 4.74 Å². The summed E-state index contributed by atoms with van der Waals surface area (Å²) < 4.78 is 6.84. The molecule has 1 heterocycles. The van der Waals surface area contributed by atoms with E-state index in [1.807, 2.05) is 45.0 Å². The van der Waals surface area contributed by atoms with Gasteiger partial charge in [0.25, 0.3) is 0 Å². The fourth-order valence-corrected chi connectivity index (χ4v) is 2.02. The van der Waals surface area contributed by atoms with Crippen LogP contribution >= 0.6 is 0 Å². The number of benzene rings is 1. The van der Waals surface area contributed by atoms with Gasteiger partial charge in [-0.25, -0.2) is 9.67 Å². The van der Waals surface area contributed by atoms with Crippen LogP contribution in [0.25, 0.3) is 0 Å². The Bertz CT molecular complexity index is 619. The second kappa shape index (κ2) is 6.39. The van der Waals surface area contributed by atoms with Gasteiger partial charge in [0.15, 0.2) is 0 Å². The molecule has 1 atom stereocenters. The summed E-state index contributed by atoms with van der Waals surface area (Å²) in [6.07, 6.45) is 0. The predicted octanol–water partition coefficient (Wildman–Crippen LogP) is 2.18. The number of anilines is 1. The monoisotopic (exact) mass is 288 g/mol. The van der Waals surface area contributed by atoms with E-state index in [-0.39, 0.29) is 11.8 Å². The Morgan fingerprint density at radius 3 is 2.52 bits per heavy atom. The number of nitrogens with zero attached hydrogens (tertiary/aromatic N) is 3. The van der Waals surface area contributed by atoms with Crippen LogP contribution in [-0.4, -0.2) is 27.8 Å². The molecule has 1 aromatic carbocycles. The van der Waals surface area contributed by atoms with Crippen LogP contribution in [0, 0.1) is 19.8 Å². The number of nitrogens with one attached hydrogen (secondary N) is 1. The lowest BCUT2D eigenvalue weighted by Crippen LogP contribution is -2.25. The zero-order valence-corrected chi connectivity index (χ0v) is 12.8. The van der Waals surface area contributed by atoms with E-state index in [0.29, 0.717) is 6.54 Å². The van der Waals surface area contributed by atoms with Crippen molar-refractivity contribution in [2.75, 3.05) is 12.4 Å². The second-order valence-electron chi connectivity index (χ2n) is 5.01. The molecular formula is C15H20N4O2. The first-order valence-electron chi connectivity index (χ1n) is 6.82. The standard InChI is InChI=1S/C15H20N4O2/c1-10(9-19-12(3)16-11(2)18-19)15(20)17-13-5-7-14(21-4)8-6-13/h5-8,10H,9H2,1-4H3,(H,17,20). The Morgan fingerprint density at radius 1 is 1.33 bits per heavy atom. The summed E-state index contributed by atoms with van der Waals surface area (Å²) in [4.78, 5) is 16.4. The maximum atomic E-state index is 12.2. The van der Waals surface area contributed by atoms with Crippen LogP contribution in [0.4, 0.5) is 5.69 Å². The van der Waals surface area contributed by atoms with Gasteiger partial charge >= 0.3 is 0 Å². The van der Waals surface area contributed by atoms with Gasteiger partial charge < -0.3 is 10.1 Å². The van der Waals surface area contributed by atoms with E-state index >= 15 is 0 Å². The highest BCUT2D eigenvalue weighted by Crippen LogP contribution is 2.16. The molecule has 0 saturated heterocycles. The summed E-state index contributed by atoms with van der Waals surface area (Å²) in [5, 5.41) is 7.15. The maximum absolute atomic E-state index is 12.2. The van der Waals surface area contributed by atoms with E-state index in [9.17, 15) is 4.79 Å². The Hall–Kier alpha value is -2.37. The fourth-order valence-electron chi connectivity index (χ4n) is 2.02. The zero-order valence-electron chi connectivity index (χ0n) is 12.8. The molecule has 0 aliphatic heterocycles. The summed E-state index contributed by atoms with van der Waals surface area (Å²) >= 11 is 0. The number of carbonyl (C=O) groups excluding carboxylic acids is 1. The largest absolute Gasteiger partial charge is 0.497 e. The maximum Gasteiger partial charge on any atom is 0.229 e. The van der Waals surface area contributed by atoms with Gasteiger partial charge in [-0.3, -0.25) is 4.79 Å². The van der Waals surface area contributed by atoms with Crippen LogP contribution in [0.15, 0.2) is 24.3 Å². The predicted molar refractivity (Wildman–Crippen MR) is 80.3 cm³/mol. The van der Waals surface area contributed by atoms with Crippen molar-refractivity contribution in [3.8, 4) is 5.75 Å². The SMILES string of the molecule is COc1ccc(NC(=O)C(C)Cn2nc(C)nc2C)cc1. The van der Waals surface area contributed by atoms with E-state index in [2.05, 4.69) is 15.4 Å². The van der Waals surface area contributed by atoms with Crippen LogP contribution in [-0.2, 0) is 11.3 Å². The van der Waals surface area contributed by atoms with Crippen LogP contribution < -0.4 is 10.1 Å². The minimum atomic E-state index is -0.202. The first-order valence-corrected chi connectivity index (χ1v) is 6.82. The summed E-state index contributed by atoms with van der Waals surface area (Å²) in [7, 11) is 1.61. The molecule has 0 saturated carbocycles. The minimum absolute atomic E-state index is 0.0484. The van der Waals surface area contributed by atoms with Crippen molar-refractivity contribution in [1.82, 2.24) is 14.8 Å². The molecule has 6 nitrogen and oxygen atoms in total. The number of ether oxygens (including phenoxy) is 1. The number of amides is 1. The number of hydrogen-bond acceptors (Lipinski definition) is 4. The highest BCUT2D eigenvalue weighted by Gasteiger charge is 2.16. The topological polar surface area (TPSA) is 69.0 Å². The molecule has 6 heteroatoms. The van der Waals surface area contributed by atoms with Crippen molar-refractivity contribution < 1.29 is 9.53 Å². The number of methoxy groups -OCH3 is 1. The van der Waals surface area contributed by atoms with Gasteiger partial charge in [-0.05, 0) is 38.1 Å². The van der Waals surface area contributed by atoms with E-state index < -0.39 is 0 Å². The van der Waals surface area contributed by atoms with Crippen molar-refractivity contribution in [2.24, 2.45) is 5.92 Å².